The summed E-state index contributed by atoms with van der Waals surface area (Å²) in [7, 11) is 1.70. The van der Waals surface area contributed by atoms with E-state index >= 15 is 0 Å². The highest BCUT2D eigenvalue weighted by molar-refractivity contribution is 7.19. The Labute approximate surface area is 230 Å². The third-order valence-corrected chi connectivity index (χ3v) is 8.20. The van der Waals surface area contributed by atoms with Gasteiger partial charge in [0.2, 0.25) is 5.82 Å². The molecule has 0 atom stereocenters. The van der Waals surface area contributed by atoms with Crippen molar-refractivity contribution in [1.29, 1.82) is 0 Å². The number of fused-ring (bicyclic) bond motifs is 1. The second-order valence-corrected chi connectivity index (χ2v) is 12.0. The molecule has 2 aliphatic rings. The van der Waals surface area contributed by atoms with Crippen LogP contribution in [0.1, 0.15) is 66.1 Å². The first-order valence-corrected chi connectivity index (χ1v) is 14.6. The van der Waals surface area contributed by atoms with E-state index in [0.29, 0.717) is 11.6 Å². The van der Waals surface area contributed by atoms with E-state index in [4.69, 9.17) is 14.8 Å². The number of thiophene rings is 1. The summed E-state index contributed by atoms with van der Waals surface area (Å²) in [5.74, 6) is 2.11. The number of rotatable bonds is 9. The molecular weight excluding hydrogens is 494 g/mol. The highest BCUT2D eigenvalue weighted by Crippen LogP contribution is 2.38. The van der Waals surface area contributed by atoms with Crippen LogP contribution in [-0.4, -0.2) is 59.6 Å². The number of unbranched alkanes of at least 4 members (excludes halogenated alkanes) is 1. The molecule has 2 aromatic heterocycles. The number of aliphatic imine (C=N–C) groups is 1. The molecule has 0 radical (unpaired) electrons. The number of hydrogen-bond donors (Lipinski definition) is 0. The number of nitrogens with zero attached hydrogens (tertiary/aromatic N) is 7. The monoisotopic (exact) mass is 533 g/mol. The summed E-state index contributed by atoms with van der Waals surface area (Å²) >= 11 is 1.72. The molecule has 0 bridgehead atoms. The zero-order valence-electron chi connectivity index (χ0n) is 23.5. The van der Waals surface area contributed by atoms with Crippen molar-refractivity contribution < 1.29 is 4.74 Å². The molecule has 0 aliphatic carbocycles. The zero-order valence-corrected chi connectivity index (χ0v) is 24.3. The Balaban J connectivity index is 1.55. The van der Waals surface area contributed by atoms with Crippen molar-refractivity contribution in [3.8, 4) is 17.1 Å². The van der Waals surface area contributed by atoms with Gasteiger partial charge in [0, 0.05) is 37.3 Å². The van der Waals surface area contributed by atoms with Gasteiger partial charge >= 0.3 is 0 Å². The Bertz CT molecular complexity index is 1340. The fourth-order valence-corrected chi connectivity index (χ4v) is 6.00. The van der Waals surface area contributed by atoms with E-state index in [1.54, 1.807) is 18.4 Å². The highest BCUT2D eigenvalue weighted by Gasteiger charge is 2.36. The minimum Gasteiger partial charge on any atom is -0.496 e. The van der Waals surface area contributed by atoms with Crippen LogP contribution in [0, 0.1) is 5.41 Å². The fraction of sp³-hybridized carbons (Fsp3) is 0.517. The lowest BCUT2D eigenvalue weighted by molar-refractivity contribution is 0.416. The van der Waals surface area contributed by atoms with Crippen LogP contribution in [0.3, 0.4) is 0 Å². The molecule has 202 valence electrons. The highest BCUT2D eigenvalue weighted by atomic mass is 32.1. The Morgan fingerprint density at radius 2 is 1.82 bits per heavy atom. The van der Waals surface area contributed by atoms with Crippen molar-refractivity contribution in [2.75, 3.05) is 43.1 Å². The number of methoxy groups -OCH3 is 1. The molecule has 38 heavy (non-hydrogen) atoms. The van der Waals surface area contributed by atoms with Gasteiger partial charge in [-0.15, -0.1) is 10.2 Å². The SMILES string of the molecule is CCCCN(CC)c1ccc(/N=C2/C(C(C)(C)C)=Nn3c2nnc3-c2cc(N3CCCC3)ccc2OC)s1. The van der Waals surface area contributed by atoms with Gasteiger partial charge in [0.1, 0.15) is 16.5 Å². The first kappa shape index (κ1) is 26.4. The van der Waals surface area contributed by atoms with Crippen molar-refractivity contribution in [1.82, 2.24) is 14.9 Å². The molecule has 1 aromatic carbocycles. The number of benzene rings is 1. The average molecular weight is 534 g/mol. The summed E-state index contributed by atoms with van der Waals surface area (Å²) < 4.78 is 7.59. The van der Waals surface area contributed by atoms with Gasteiger partial charge in [0.05, 0.1) is 23.4 Å². The minimum atomic E-state index is -0.213. The molecule has 8 nitrogen and oxygen atoms in total. The summed E-state index contributed by atoms with van der Waals surface area (Å²) in [5.41, 5.74) is 3.55. The van der Waals surface area contributed by atoms with Crippen molar-refractivity contribution in [3.05, 3.63) is 36.2 Å². The molecular formula is C29H39N7OS. The van der Waals surface area contributed by atoms with Crippen LogP contribution < -0.4 is 14.5 Å². The number of aromatic nitrogens is 3. The molecule has 3 aromatic rings. The van der Waals surface area contributed by atoms with Crippen molar-refractivity contribution in [3.63, 3.8) is 0 Å². The van der Waals surface area contributed by atoms with Crippen LogP contribution in [0.5, 0.6) is 5.75 Å². The summed E-state index contributed by atoms with van der Waals surface area (Å²) in [5, 5.41) is 16.4. The molecule has 1 fully saturated rings. The van der Waals surface area contributed by atoms with E-state index in [-0.39, 0.29) is 5.41 Å². The topological polar surface area (TPSA) is 71.1 Å². The molecule has 1 saturated heterocycles. The molecule has 5 rings (SSSR count). The third kappa shape index (κ3) is 5.08. The van der Waals surface area contributed by atoms with Crippen molar-refractivity contribution >= 4 is 38.4 Å². The molecule has 0 amide bonds. The van der Waals surface area contributed by atoms with Gasteiger partial charge in [-0.2, -0.15) is 9.78 Å². The lowest BCUT2D eigenvalue weighted by atomic mass is 9.87. The van der Waals surface area contributed by atoms with Crippen molar-refractivity contribution in [2.24, 2.45) is 15.5 Å². The van der Waals surface area contributed by atoms with Gasteiger partial charge in [-0.3, -0.25) is 0 Å². The smallest absolute Gasteiger partial charge is 0.205 e. The maximum Gasteiger partial charge on any atom is 0.205 e. The molecule has 0 unspecified atom stereocenters. The second-order valence-electron chi connectivity index (χ2n) is 10.9. The van der Waals surface area contributed by atoms with Crippen LogP contribution in [-0.2, 0) is 0 Å². The molecule has 9 heteroatoms. The normalized spacial score (nSPS) is 16.3. The predicted molar refractivity (Wildman–Crippen MR) is 159 cm³/mol. The van der Waals surface area contributed by atoms with Gasteiger partial charge in [0.25, 0.3) is 0 Å². The first-order chi connectivity index (χ1) is 18.3. The quantitative estimate of drug-likeness (QED) is 0.309. The van der Waals surface area contributed by atoms with Crippen LogP contribution in [0.2, 0.25) is 0 Å². The van der Waals surface area contributed by atoms with Gasteiger partial charge in [-0.05, 0) is 56.5 Å². The van der Waals surface area contributed by atoms with Crippen LogP contribution in [0.4, 0.5) is 15.7 Å². The van der Waals surface area contributed by atoms with E-state index in [2.05, 4.69) is 78.9 Å². The fourth-order valence-electron chi connectivity index (χ4n) is 5.03. The van der Waals surface area contributed by atoms with Gasteiger partial charge in [0.15, 0.2) is 5.82 Å². The lowest BCUT2D eigenvalue weighted by Crippen LogP contribution is -2.27. The summed E-state index contributed by atoms with van der Waals surface area (Å²) in [6, 6.07) is 10.6. The van der Waals surface area contributed by atoms with E-state index in [0.717, 1.165) is 53.9 Å². The zero-order chi connectivity index (χ0) is 26.9. The Morgan fingerprint density at radius 1 is 1.05 bits per heavy atom. The Morgan fingerprint density at radius 3 is 2.50 bits per heavy atom. The summed E-state index contributed by atoms with van der Waals surface area (Å²) in [6.45, 7) is 15.1. The number of hydrogen-bond acceptors (Lipinski definition) is 8. The van der Waals surface area contributed by atoms with Gasteiger partial charge in [-0.25, -0.2) is 4.99 Å². The first-order valence-electron chi connectivity index (χ1n) is 13.8. The lowest BCUT2D eigenvalue weighted by Gasteiger charge is -2.20. The standard InChI is InChI=1S/C29H39N7OS/c1-7-9-16-34(8-2)24-15-14-23(38-24)30-25-26(29(3,4)5)33-36-27(31-32-28(25)36)21-19-20(12-13-22(21)37-6)35-17-10-11-18-35/h12-15,19H,7-11,16-18H2,1-6H3/b30-25-. The van der Waals surface area contributed by atoms with Crippen LogP contribution in [0.15, 0.2) is 40.4 Å². The predicted octanol–water partition coefficient (Wildman–Crippen LogP) is 6.63. The maximum absolute atomic E-state index is 5.75. The average Bonchev–Trinajstić information content (AvgIpc) is 3.70. The van der Waals surface area contributed by atoms with Gasteiger partial charge in [-0.1, -0.05) is 45.5 Å². The van der Waals surface area contributed by atoms with Gasteiger partial charge < -0.3 is 14.5 Å². The maximum atomic E-state index is 5.75. The number of anilines is 2. The van der Waals surface area contributed by atoms with Crippen LogP contribution in [0.25, 0.3) is 11.4 Å². The third-order valence-electron chi connectivity index (χ3n) is 7.16. The molecule has 0 saturated carbocycles. The minimum absolute atomic E-state index is 0.213. The summed E-state index contributed by atoms with van der Waals surface area (Å²) in [4.78, 5) is 9.94. The molecule has 0 N–H and O–H groups in total. The summed E-state index contributed by atoms with van der Waals surface area (Å²) in [6.07, 6.45) is 4.82. The molecule has 4 heterocycles. The Hall–Kier alpha value is -3.20. The molecule has 0 spiro atoms. The Kier molecular flexibility index (Phi) is 7.56. The van der Waals surface area contributed by atoms with E-state index in [1.807, 2.05) is 10.7 Å². The van der Waals surface area contributed by atoms with E-state index in [1.165, 1.54) is 36.4 Å². The van der Waals surface area contributed by atoms with Crippen LogP contribution >= 0.6 is 11.3 Å². The largest absolute Gasteiger partial charge is 0.496 e. The number of ether oxygens (including phenoxy) is 1. The molecule has 2 aliphatic heterocycles. The van der Waals surface area contributed by atoms with Crippen molar-refractivity contribution in [2.45, 2.75) is 60.3 Å². The van der Waals surface area contributed by atoms with E-state index < -0.39 is 0 Å². The van der Waals surface area contributed by atoms with E-state index in [9.17, 15) is 0 Å². The second kappa shape index (κ2) is 10.9.